The molecule has 0 bridgehead atoms. The van der Waals surface area contributed by atoms with Crippen molar-refractivity contribution in [1.29, 1.82) is 0 Å². The van der Waals surface area contributed by atoms with Crippen molar-refractivity contribution in [2.75, 3.05) is 13.2 Å². The van der Waals surface area contributed by atoms with Crippen molar-refractivity contribution in [2.45, 2.75) is 13.0 Å². The smallest absolute Gasteiger partial charge is 0.337 e. The van der Waals surface area contributed by atoms with Gasteiger partial charge in [0.1, 0.15) is 0 Å². The highest BCUT2D eigenvalue weighted by molar-refractivity contribution is 6.31. The number of carbonyl (C=O) groups is 2. The van der Waals surface area contributed by atoms with Gasteiger partial charge >= 0.3 is 11.9 Å². The molecule has 2 aromatic rings. The third kappa shape index (κ3) is 4.54. The lowest BCUT2D eigenvalue weighted by Crippen LogP contribution is -2.17. The zero-order valence-corrected chi connectivity index (χ0v) is 14.0. The highest BCUT2D eigenvalue weighted by Crippen LogP contribution is 2.24. The number of halogens is 1. The van der Waals surface area contributed by atoms with Crippen molar-refractivity contribution in [3.05, 3.63) is 63.4 Å². The van der Waals surface area contributed by atoms with E-state index in [2.05, 4.69) is 4.98 Å². The quantitative estimate of drug-likeness (QED) is 0.613. The second-order valence-corrected chi connectivity index (χ2v) is 5.60. The molecule has 1 aromatic heterocycles. The Bertz CT molecular complexity index is 795. The Labute approximate surface area is 149 Å². The Balaban J connectivity index is 2.52. The number of nitrogens with zero attached hydrogens (tertiary/aromatic N) is 1. The van der Waals surface area contributed by atoms with Crippen molar-refractivity contribution >= 4 is 23.5 Å². The van der Waals surface area contributed by atoms with E-state index in [1.54, 1.807) is 24.3 Å². The maximum Gasteiger partial charge on any atom is 0.337 e. The van der Waals surface area contributed by atoms with E-state index < -0.39 is 11.9 Å². The van der Waals surface area contributed by atoms with Crippen LogP contribution in [0.15, 0.2) is 30.5 Å². The average molecular weight is 365 g/mol. The van der Waals surface area contributed by atoms with Crippen LogP contribution in [0.5, 0.6) is 0 Å². The van der Waals surface area contributed by atoms with Crippen molar-refractivity contribution < 1.29 is 24.5 Å². The molecule has 0 aliphatic heterocycles. The van der Waals surface area contributed by atoms with Gasteiger partial charge in [-0.1, -0.05) is 29.8 Å². The average Bonchev–Trinajstić information content (AvgIpc) is 2.56. The number of benzene rings is 1. The molecule has 2 rings (SSSR count). The standard InChI is InChI=1S/C17H17ClN2O5/c18-13-4-2-1-3-10(13)7-14-15(17(23)24)12(9-25-6-5-19)11(8-20-14)16(21)22/h1-4,8H,5-7,9,19H2,(H,21,22)(H,23,24). The van der Waals surface area contributed by atoms with E-state index in [1.807, 2.05) is 0 Å². The van der Waals surface area contributed by atoms with Gasteiger partial charge in [-0.15, -0.1) is 0 Å². The van der Waals surface area contributed by atoms with Crippen LogP contribution in [0.2, 0.25) is 5.02 Å². The molecule has 0 aliphatic carbocycles. The van der Waals surface area contributed by atoms with E-state index >= 15 is 0 Å². The van der Waals surface area contributed by atoms with E-state index in [4.69, 9.17) is 22.1 Å². The zero-order valence-electron chi connectivity index (χ0n) is 13.2. The molecule has 4 N–H and O–H groups in total. The van der Waals surface area contributed by atoms with E-state index in [0.29, 0.717) is 10.6 Å². The summed E-state index contributed by atoms with van der Waals surface area (Å²) in [5.41, 5.74) is 5.93. The number of hydrogen-bond acceptors (Lipinski definition) is 5. The topological polar surface area (TPSA) is 123 Å². The van der Waals surface area contributed by atoms with Gasteiger partial charge in [0.05, 0.1) is 30.0 Å². The summed E-state index contributed by atoms with van der Waals surface area (Å²) < 4.78 is 5.27. The first kappa shape index (κ1) is 18.9. The van der Waals surface area contributed by atoms with Gasteiger partial charge in [-0.05, 0) is 11.6 Å². The van der Waals surface area contributed by atoms with Gasteiger partial charge in [0.25, 0.3) is 0 Å². The van der Waals surface area contributed by atoms with Crippen molar-refractivity contribution in [3.8, 4) is 0 Å². The van der Waals surface area contributed by atoms with Crippen LogP contribution in [0.25, 0.3) is 0 Å². The SMILES string of the molecule is NCCOCc1c(C(=O)O)cnc(Cc2ccccc2Cl)c1C(=O)O. The van der Waals surface area contributed by atoms with Crippen LogP contribution in [0, 0.1) is 0 Å². The number of carboxylic acids is 2. The predicted octanol–water partition coefficient (Wildman–Crippen LogP) is 2.20. The monoisotopic (exact) mass is 364 g/mol. The molecule has 1 aromatic carbocycles. The predicted molar refractivity (Wildman–Crippen MR) is 91.1 cm³/mol. The minimum Gasteiger partial charge on any atom is -0.478 e. The highest BCUT2D eigenvalue weighted by Gasteiger charge is 2.24. The molecule has 25 heavy (non-hydrogen) atoms. The normalized spacial score (nSPS) is 10.6. The minimum atomic E-state index is -1.27. The van der Waals surface area contributed by atoms with E-state index in [0.717, 1.165) is 6.20 Å². The second kappa shape index (κ2) is 8.57. The van der Waals surface area contributed by atoms with Crippen LogP contribution in [0.1, 0.15) is 37.5 Å². The Morgan fingerprint density at radius 1 is 1.20 bits per heavy atom. The van der Waals surface area contributed by atoms with Gasteiger partial charge in [-0.2, -0.15) is 0 Å². The first-order valence-electron chi connectivity index (χ1n) is 7.44. The molecule has 0 radical (unpaired) electrons. The molecule has 0 spiro atoms. The number of pyridine rings is 1. The summed E-state index contributed by atoms with van der Waals surface area (Å²) in [6.45, 7) is 0.237. The van der Waals surface area contributed by atoms with Crippen LogP contribution in [-0.4, -0.2) is 40.3 Å². The fraction of sp³-hybridized carbons (Fsp3) is 0.235. The van der Waals surface area contributed by atoms with Gasteiger partial charge in [-0.25, -0.2) is 9.59 Å². The van der Waals surface area contributed by atoms with Crippen molar-refractivity contribution in [2.24, 2.45) is 5.73 Å². The molecule has 0 aliphatic rings. The first-order chi connectivity index (χ1) is 12.0. The third-order valence-electron chi connectivity index (χ3n) is 3.53. The van der Waals surface area contributed by atoms with Gasteiger partial charge in [-0.3, -0.25) is 4.98 Å². The minimum absolute atomic E-state index is 0.0607. The Kier molecular flexibility index (Phi) is 6.46. The fourth-order valence-electron chi connectivity index (χ4n) is 2.39. The Hall–Kier alpha value is -2.48. The lowest BCUT2D eigenvalue weighted by Gasteiger charge is -2.14. The molecular weight excluding hydrogens is 348 g/mol. The molecule has 0 amide bonds. The van der Waals surface area contributed by atoms with Crippen LogP contribution < -0.4 is 5.73 Å². The highest BCUT2D eigenvalue weighted by atomic mass is 35.5. The van der Waals surface area contributed by atoms with Crippen LogP contribution in [0.3, 0.4) is 0 Å². The molecule has 0 saturated heterocycles. The molecule has 7 nitrogen and oxygen atoms in total. The largest absolute Gasteiger partial charge is 0.478 e. The molecule has 8 heteroatoms. The molecule has 132 valence electrons. The van der Waals surface area contributed by atoms with Crippen LogP contribution in [-0.2, 0) is 17.8 Å². The molecule has 1 heterocycles. The number of ether oxygens (including phenoxy) is 1. The molecule has 0 saturated carbocycles. The van der Waals surface area contributed by atoms with E-state index in [1.165, 1.54) is 0 Å². The maximum absolute atomic E-state index is 11.8. The second-order valence-electron chi connectivity index (χ2n) is 5.19. The van der Waals surface area contributed by atoms with Crippen molar-refractivity contribution in [1.82, 2.24) is 4.98 Å². The number of aromatic nitrogens is 1. The maximum atomic E-state index is 11.8. The summed E-state index contributed by atoms with van der Waals surface area (Å²) in [6, 6.07) is 6.98. The molecule has 0 fully saturated rings. The lowest BCUT2D eigenvalue weighted by atomic mass is 9.97. The van der Waals surface area contributed by atoms with Crippen LogP contribution >= 0.6 is 11.6 Å². The molecule has 0 atom stereocenters. The van der Waals surface area contributed by atoms with Crippen LogP contribution in [0.4, 0.5) is 0 Å². The number of carboxylic acid groups (broad SMARTS) is 2. The van der Waals surface area contributed by atoms with E-state index in [-0.39, 0.29) is 48.6 Å². The number of nitrogens with two attached hydrogens (primary N) is 1. The van der Waals surface area contributed by atoms with Crippen molar-refractivity contribution in [3.63, 3.8) is 0 Å². The molecule has 0 unspecified atom stereocenters. The number of aromatic carboxylic acids is 2. The van der Waals surface area contributed by atoms with Gasteiger partial charge in [0.2, 0.25) is 0 Å². The van der Waals surface area contributed by atoms with Gasteiger partial charge in [0, 0.05) is 29.7 Å². The molecular formula is C17H17ClN2O5. The number of hydrogen-bond donors (Lipinski definition) is 3. The summed E-state index contributed by atoms with van der Waals surface area (Å²) in [5.74, 6) is -2.55. The summed E-state index contributed by atoms with van der Waals surface area (Å²) in [7, 11) is 0. The Morgan fingerprint density at radius 2 is 1.92 bits per heavy atom. The zero-order chi connectivity index (χ0) is 18.4. The fourth-order valence-corrected chi connectivity index (χ4v) is 2.60. The van der Waals surface area contributed by atoms with Gasteiger partial charge in [0.15, 0.2) is 0 Å². The van der Waals surface area contributed by atoms with Gasteiger partial charge < -0.3 is 20.7 Å². The lowest BCUT2D eigenvalue weighted by molar-refractivity contribution is 0.0678. The summed E-state index contributed by atoms with van der Waals surface area (Å²) >= 11 is 6.12. The summed E-state index contributed by atoms with van der Waals surface area (Å²) in [5, 5.41) is 19.4. The first-order valence-corrected chi connectivity index (χ1v) is 7.82. The van der Waals surface area contributed by atoms with E-state index in [9.17, 15) is 19.8 Å². The Morgan fingerprint density at radius 3 is 2.52 bits per heavy atom. The summed E-state index contributed by atoms with van der Waals surface area (Å²) in [4.78, 5) is 27.2. The summed E-state index contributed by atoms with van der Waals surface area (Å²) in [6.07, 6.45) is 1.30. The third-order valence-corrected chi connectivity index (χ3v) is 3.90. The number of rotatable bonds is 8.